The van der Waals surface area contributed by atoms with Crippen molar-refractivity contribution in [2.24, 2.45) is 5.10 Å². The Kier molecular flexibility index (Phi) is 3.91. The highest BCUT2D eigenvalue weighted by atomic mass is 35.5. The zero-order valence-electron chi connectivity index (χ0n) is 9.14. The highest BCUT2D eigenvalue weighted by Gasteiger charge is 2.23. The van der Waals surface area contributed by atoms with E-state index in [0.29, 0.717) is 11.4 Å². The van der Waals surface area contributed by atoms with E-state index in [2.05, 4.69) is 15.3 Å². The number of carbonyl (C=O) groups is 1. The molecule has 1 aliphatic heterocycles. The standard InChI is InChI=1S/C11H11ClN2O2S/c1-16-10(15)6-9-13-14-11(17-9)7-2-4-8(12)5-3-7/h2-5,9,13H,6H2,1H3. The number of hydrogen-bond donors (Lipinski definition) is 1. The fourth-order valence-electron chi connectivity index (χ4n) is 1.37. The van der Waals surface area contributed by atoms with Crippen molar-refractivity contribution in [2.75, 3.05) is 7.11 Å². The molecule has 0 fully saturated rings. The second kappa shape index (κ2) is 5.42. The van der Waals surface area contributed by atoms with Gasteiger partial charge in [0.25, 0.3) is 0 Å². The minimum absolute atomic E-state index is 0.0619. The highest BCUT2D eigenvalue weighted by molar-refractivity contribution is 8.15. The van der Waals surface area contributed by atoms with E-state index in [9.17, 15) is 4.79 Å². The molecule has 6 heteroatoms. The van der Waals surface area contributed by atoms with Crippen LogP contribution in [0.25, 0.3) is 0 Å². The Labute approximate surface area is 108 Å². The van der Waals surface area contributed by atoms with Gasteiger partial charge < -0.3 is 4.74 Å². The Hall–Kier alpha value is -1.20. The molecule has 0 radical (unpaired) electrons. The number of ether oxygens (including phenoxy) is 1. The molecule has 0 spiro atoms. The average molecular weight is 271 g/mol. The van der Waals surface area contributed by atoms with Gasteiger partial charge in [-0.1, -0.05) is 35.5 Å². The first-order valence-corrected chi connectivity index (χ1v) is 6.27. The number of rotatable bonds is 3. The summed E-state index contributed by atoms with van der Waals surface area (Å²) in [4.78, 5) is 11.1. The summed E-state index contributed by atoms with van der Waals surface area (Å²) in [6, 6.07) is 7.42. The number of benzene rings is 1. The summed E-state index contributed by atoms with van der Waals surface area (Å²) < 4.78 is 4.61. The molecular formula is C11H11ClN2O2S. The Morgan fingerprint density at radius 1 is 1.53 bits per heavy atom. The lowest BCUT2D eigenvalue weighted by Gasteiger charge is -2.06. The molecule has 0 bridgehead atoms. The quantitative estimate of drug-likeness (QED) is 0.856. The van der Waals surface area contributed by atoms with Crippen molar-refractivity contribution in [2.45, 2.75) is 11.8 Å². The number of halogens is 1. The second-order valence-electron chi connectivity index (χ2n) is 3.44. The van der Waals surface area contributed by atoms with Gasteiger partial charge in [-0.3, -0.25) is 10.2 Å². The van der Waals surface area contributed by atoms with Crippen molar-refractivity contribution >= 4 is 34.4 Å². The van der Waals surface area contributed by atoms with E-state index in [0.717, 1.165) is 10.6 Å². The molecule has 4 nitrogen and oxygen atoms in total. The number of nitrogens with zero attached hydrogens (tertiary/aromatic N) is 1. The number of methoxy groups -OCH3 is 1. The van der Waals surface area contributed by atoms with E-state index in [1.54, 1.807) is 0 Å². The normalized spacial score (nSPS) is 18.5. The highest BCUT2D eigenvalue weighted by Crippen LogP contribution is 2.25. The van der Waals surface area contributed by atoms with Crippen LogP contribution in [0.3, 0.4) is 0 Å². The first-order chi connectivity index (χ1) is 8.19. The summed E-state index contributed by atoms with van der Waals surface area (Å²) in [6.07, 6.45) is 0.293. The van der Waals surface area contributed by atoms with Gasteiger partial charge in [0.2, 0.25) is 0 Å². The Morgan fingerprint density at radius 2 is 2.24 bits per heavy atom. The maximum Gasteiger partial charge on any atom is 0.308 e. The van der Waals surface area contributed by atoms with Gasteiger partial charge in [0.05, 0.1) is 13.5 Å². The number of nitrogens with one attached hydrogen (secondary N) is 1. The molecule has 1 N–H and O–H groups in total. The van der Waals surface area contributed by atoms with E-state index in [-0.39, 0.29) is 11.3 Å². The van der Waals surface area contributed by atoms with Gasteiger partial charge >= 0.3 is 5.97 Å². The van der Waals surface area contributed by atoms with Gasteiger partial charge in [0.15, 0.2) is 0 Å². The molecule has 0 saturated heterocycles. The number of thioether (sulfide) groups is 1. The van der Waals surface area contributed by atoms with E-state index in [4.69, 9.17) is 11.6 Å². The lowest BCUT2D eigenvalue weighted by atomic mass is 10.2. The van der Waals surface area contributed by atoms with Crippen molar-refractivity contribution < 1.29 is 9.53 Å². The molecule has 1 aliphatic rings. The van der Waals surface area contributed by atoms with Crippen LogP contribution in [0, 0.1) is 0 Å². The molecule has 1 unspecified atom stereocenters. The van der Waals surface area contributed by atoms with Gasteiger partial charge in [-0.25, -0.2) is 0 Å². The van der Waals surface area contributed by atoms with E-state index >= 15 is 0 Å². The number of esters is 1. The minimum atomic E-state index is -0.248. The topological polar surface area (TPSA) is 50.7 Å². The number of hydrazone groups is 1. The van der Waals surface area contributed by atoms with Crippen LogP contribution in [0.2, 0.25) is 5.02 Å². The smallest absolute Gasteiger partial charge is 0.308 e. The molecule has 1 atom stereocenters. The first-order valence-electron chi connectivity index (χ1n) is 5.01. The SMILES string of the molecule is COC(=O)CC1NN=C(c2ccc(Cl)cc2)S1. The predicted octanol–water partition coefficient (Wildman–Crippen LogP) is 2.23. The summed E-state index contributed by atoms with van der Waals surface area (Å²) >= 11 is 7.32. The fraction of sp³-hybridized carbons (Fsp3) is 0.273. The lowest BCUT2D eigenvalue weighted by molar-refractivity contribution is -0.140. The zero-order valence-corrected chi connectivity index (χ0v) is 10.7. The van der Waals surface area contributed by atoms with Crippen LogP contribution in [-0.2, 0) is 9.53 Å². The van der Waals surface area contributed by atoms with Crippen LogP contribution in [0.5, 0.6) is 0 Å². The average Bonchev–Trinajstić information content (AvgIpc) is 2.78. The monoisotopic (exact) mass is 270 g/mol. The molecule has 2 rings (SSSR count). The molecule has 0 aromatic heterocycles. The molecule has 0 saturated carbocycles. The van der Waals surface area contributed by atoms with Crippen LogP contribution >= 0.6 is 23.4 Å². The van der Waals surface area contributed by atoms with E-state index in [1.807, 2.05) is 24.3 Å². The van der Waals surface area contributed by atoms with Crippen molar-refractivity contribution in [3.8, 4) is 0 Å². The Morgan fingerprint density at radius 3 is 2.88 bits per heavy atom. The maximum absolute atomic E-state index is 11.1. The molecule has 0 aliphatic carbocycles. The third-order valence-electron chi connectivity index (χ3n) is 2.23. The van der Waals surface area contributed by atoms with E-state index < -0.39 is 0 Å². The second-order valence-corrected chi connectivity index (χ2v) is 5.07. The van der Waals surface area contributed by atoms with Crippen LogP contribution in [0.4, 0.5) is 0 Å². The Bertz CT molecular complexity index is 447. The van der Waals surface area contributed by atoms with Crippen LogP contribution in [0.15, 0.2) is 29.4 Å². The number of carbonyl (C=O) groups excluding carboxylic acids is 1. The molecule has 0 amide bonds. The van der Waals surface area contributed by atoms with Crippen LogP contribution in [-0.4, -0.2) is 23.5 Å². The van der Waals surface area contributed by atoms with Crippen molar-refractivity contribution in [3.63, 3.8) is 0 Å². The number of hydrogen-bond acceptors (Lipinski definition) is 5. The summed E-state index contributed by atoms with van der Waals surface area (Å²) in [5.41, 5.74) is 3.89. The lowest BCUT2D eigenvalue weighted by Crippen LogP contribution is -2.20. The van der Waals surface area contributed by atoms with Gasteiger partial charge in [-0.15, -0.1) is 0 Å². The summed E-state index contributed by atoms with van der Waals surface area (Å²) in [5, 5.41) is 5.67. The molecule has 17 heavy (non-hydrogen) atoms. The molecule has 1 heterocycles. The first kappa shape index (κ1) is 12.3. The molecule has 90 valence electrons. The largest absolute Gasteiger partial charge is 0.469 e. The van der Waals surface area contributed by atoms with Crippen LogP contribution < -0.4 is 5.43 Å². The summed E-state index contributed by atoms with van der Waals surface area (Å²) in [5.74, 6) is -0.248. The maximum atomic E-state index is 11.1. The molecule has 1 aromatic carbocycles. The van der Waals surface area contributed by atoms with Gasteiger partial charge in [0.1, 0.15) is 10.4 Å². The summed E-state index contributed by atoms with van der Waals surface area (Å²) in [7, 11) is 1.38. The van der Waals surface area contributed by atoms with Gasteiger partial charge in [-0.2, -0.15) is 5.10 Å². The van der Waals surface area contributed by atoms with Crippen LogP contribution in [0.1, 0.15) is 12.0 Å². The van der Waals surface area contributed by atoms with Gasteiger partial charge in [0, 0.05) is 10.6 Å². The molecular weight excluding hydrogens is 260 g/mol. The zero-order chi connectivity index (χ0) is 12.3. The fourth-order valence-corrected chi connectivity index (χ4v) is 2.46. The summed E-state index contributed by atoms with van der Waals surface area (Å²) in [6.45, 7) is 0. The van der Waals surface area contributed by atoms with Crippen molar-refractivity contribution in [3.05, 3.63) is 34.9 Å². The third kappa shape index (κ3) is 3.14. The van der Waals surface area contributed by atoms with Gasteiger partial charge in [-0.05, 0) is 12.1 Å². The van der Waals surface area contributed by atoms with E-state index in [1.165, 1.54) is 18.9 Å². The predicted molar refractivity (Wildman–Crippen MR) is 69.1 cm³/mol. The minimum Gasteiger partial charge on any atom is -0.469 e. The molecule has 1 aromatic rings. The third-order valence-corrected chi connectivity index (χ3v) is 3.59. The Balaban J connectivity index is 1.97. The van der Waals surface area contributed by atoms with Crippen molar-refractivity contribution in [1.29, 1.82) is 0 Å². The van der Waals surface area contributed by atoms with Crippen molar-refractivity contribution in [1.82, 2.24) is 5.43 Å².